The van der Waals surface area contributed by atoms with Crippen molar-refractivity contribution < 1.29 is 4.74 Å². The van der Waals surface area contributed by atoms with Crippen LogP contribution in [0, 0.1) is 0 Å². The Hall–Kier alpha value is -0.770. The highest BCUT2D eigenvalue weighted by molar-refractivity contribution is 7.07. The first-order valence-corrected chi connectivity index (χ1v) is 5.46. The predicted octanol–water partition coefficient (Wildman–Crippen LogP) is 4.24. The van der Waals surface area contributed by atoms with Gasteiger partial charge in [0.1, 0.15) is 5.75 Å². The van der Waals surface area contributed by atoms with Crippen LogP contribution in [-0.4, -0.2) is 4.98 Å². The minimum absolute atomic E-state index is 0.477. The zero-order valence-corrected chi connectivity index (χ0v) is 9.23. The van der Waals surface area contributed by atoms with Crippen LogP contribution in [0.2, 0.25) is 10.0 Å². The summed E-state index contributed by atoms with van der Waals surface area (Å²) in [5.74, 6) is 1.10. The van der Waals surface area contributed by atoms with Crippen molar-refractivity contribution in [3.05, 3.63) is 39.1 Å². The molecule has 0 saturated heterocycles. The molecule has 5 heteroatoms. The lowest BCUT2D eigenvalue weighted by atomic mass is 10.3. The topological polar surface area (TPSA) is 22.1 Å². The molecular weight excluding hydrogens is 241 g/mol. The standard InChI is InChI=1S/C9H5Cl2NOS/c10-6-1-2-8(7(11)3-6)13-9-4-14-5-12-9/h1-5H. The van der Waals surface area contributed by atoms with E-state index in [1.165, 1.54) is 11.3 Å². The summed E-state index contributed by atoms with van der Waals surface area (Å²) in [5.41, 5.74) is 1.69. The van der Waals surface area contributed by atoms with Gasteiger partial charge in [0, 0.05) is 5.02 Å². The molecular formula is C9H5Cl2NOS. The van der Waals surface area contributed by atoms with Crippen molar-refractivity contribution >= 4 is 34.5 Å². The molecule has 2 nitrogen and oxygen atoms in total. The Balaban J connectivity index is 2.25. The van der Waals surface area contributed by atoms with Gasteiger partial charge in [-0.15, -0.1) is 11.3 Å². The molecule has 0 aliphatic heterocycles. The van der Waals surface area contributed by atoms with Crippen molar-refractivity contribution in [3.8, 4) is 11.6 Å². The first-order valence-electron chi connectivity index (χ1n) is 3.77. The van der Waals surface area contributed by atoms with Gasteiger partial charge in [0.15, 0.2) is 0 Å². The molecule has 1 aromatic carbocycles. The molecule has 0 fully saturated rings. The van der Waals surface area contributed by atoms with Gasteiger partial charge in [0.25, 0.3) is 0 Å². The second-order valence-electron chi connectivity index (χ2n) is 2.50. The number of hydrogen-bond acceptors (Lipinski definition) is 3. The van der Waals surface area contributed by atoms with E-state index >= 15 is 0 Å². The van der Waals surface area contributed by atoms with Gasteiger partial charge in [-0.25, -0.2) is 4.98 Å². The van der Waals surface area contributed by atoms with Gasteiger partial charge in [-0.05, 0) is 18.2 Å². The third kappa shape index (κ3) is 2.18. The number of ether oxygens (including phenoxy) is 1. The van der Waals surface area contributed by atoms with Gasteiger partial charge in [-0.1, -0.05) is 23.2 Å². The van der Waals surface area contributed by atoms with Crippen LogP contribution in [0.15, 0.2) is 29.1 Å². The first kappa shape index (κ1) is 9.77. The molecule has 0 amide bonds. The molecule has 0 saturated carbocycles. The van der Waals surface area contributed by atoms with E-state index in [-0.39, 0.29) is 0 Å². The molecule has 1 aromatic heterocycles. The summed E-state index contributed by atoms with van der Waals surface area (Å²) >= 11 is 13.1. The van der Waals surface area contributed by atoms with Crippen LogP contribution in [0.1, 0.15) is 0 Å². The van der Waals surface area contributed by atoms with E-state index in [1.807, 2.05) is 0 Å². The fourth-order valence-electron chi connectivity index (χ4n) is 0.922. The Kier molecular flexibility index (Phi) is 2.91. The molecule has 0 aliphatic rings. The summed E-state index contributed by atoms with van der Waals surface area (Å²) in [6.07, 6.45) is 0. The van der Waals surface area contributed by atoms with E-state index in [9.17, 15) is 0 Å². The Morgan fingerprint density at radius 3 is 2.79 bits per heavy atom. The van der Waals surface area contributed by atoms with E-state index < -0.39 is 0 Å². The van der Waals surface area contributed by atoms with Crippen molar-refractivity contribution in [1.82, 2.24) is 4.98 Å². The number of rotatable bonds is 2. The predicted molar refractivity (Wildman–Crippen MR) is 58.7 cm³/mol. The molecule has 2 aromatic rings. The fourth-order valence-corrected chi connectivity index (χ4v) is 1.82. The van der Waals surface area contributed by atoms with Crippen molar-refractivity contribution in [2.45, 2.75) is 0 Å². The number of benzene rings is 1. The minimum Gasteiger partial charge on any atom is -0.437 e. The van der Waals surface area contributed by atoms with Gasteiger partial charge >= 0.3 is 0 Å². The summed E-state index contributed by atoms with van der Waals surface area (Å²) in [7, 11) is 0. The van der Waals surface area contributed by atoms with Crippen LogP contribution in [0.5, 0.6) is 11.6 Å². The average molecular weight is 246 g/mol. The lowest BCUT2D eigenvalue weighted by molar-refractivity contribution is 0.467. The summed E-state index contributed by atoms with van der Waals surface area (Å²) < 4.78 is 5.41. The summed E-state index contributed by atoms with van der Waals surface area (Å²) in [6.45, 7) is 0. The molecule has 0 spiro atoms. The quantitative estimate of drug-likeness (QED) is 0.790. The van der Waals surface area contributed by atoms with Crippen molar-refractivity contribution in [2.24, 2.45) is 0 Å². The number of halogens is 2. The van der Waals surface area contributed by atoms with Crippen molar-refractivity contribution in [2.75, 3.05) is 0 Å². The second kappa shape index (κ2) is 4.17. The minimum atomic E-state index is 0.477. The third-order valence-electron chi connectivity index (χ3n) is 1.52. The number of thiazole rings is 1. The molecule has 0 unspecified atom stereocenters. The third-order valence-corrected chi connectivity index (χ3v) is 2.61. The molecule has 0 radical (unpaired) electrons. The van der Waals surface area contributed by atoms with Crippen molar-refractivity contribution in [1.29, 1.82) is 0 Å². The van der Waals surface area contributed by atoms with Crippen molar-refractivity contribution in [3.63, 3.8) is 0 Å². The molecule has 1 heterocycles. The highest BCUT2D eigenvalue weighted by Gasteiger charge is 2.04. The summed E-state index contributed by atoms with van der Waals surface area (Å²) in [5, 5.41) is 2.86. The van der Waals surface area contributed by atoms with Crippen LogP contribution in [-0.2, 0) is 0 Å². The van der Waals surface area contributed by atoms with Crippen LogP contribution in [0.4, 0.5) is 0 Å². The van der Waals surface area contributed by atoms with Crippen LogP contribution >= 0.6 is 34.5 Å². The highest BCUT2D eigenvalue weighted by atomic mass is 35.5. The fraction of sp³-hybridized carbons (Fsp3) is 0. The number of hydrogen-bond donors (Lipinski definition) is 0. The van der Waals surface area contributed by atoms with Crippen LogP contribution in [0.25, 0.3) is 0 Å². The molecule has 0 atom stereocenters. The van der Waals surface area contributed by atoms with E-state index in [4.69, 9.17) is 27.9 Å². The van der Waals surface area contributed by atoms with Gasteiger partial charge in [0.2, 0.25) is 5.88 Å². The molecule has 0 N–H and O–H groups in total. The largest absolute Gasteiger partial charge is 0.437 e. The lowest BCUT2D eigenvalue weighted by Gasteiger charge is -2.03. The Morgan fingerprint density at radius 2 is 2.14 bits per heavy atom. The Bertz CT molecular complexity index is 430. The lowest BCUT2D eigenvalue weighted by Crippen LogP contribution is -1.84. The zero-order chi connectivity index (χ0) is 9.97. The number of aromatic nitrogens is 1. The van der Waals surface area contributed by atoms with E-state index in [2.05, 4.69) is 4.98 Å². The first-order chi connectivity index (χ1) is 6.75. The monoisotopic (exact) mass is 245 g/mol. The maximum atomic E-state index is 5.91. The molecule has 72 valence electrons. The van der Waals surface area contributed by atoms with Crippen LogP contribution in [0.3, 0.4) is 0 Å². The zero-order valence-electron chi connectivity index (χ0n) is 6.91. The van der Waals surface area contributed by atoms with Gasteiger partial charge < -0.3 is 4.74 Å². The van der Waals surface area contributed by atoms with E-state index in [0.29, 0.717) is 21.7 Å². The summed E-state index contributed by atoms with van der Waals surface area (Å²) in [4.78, 5) is 3.98. The average Bonchev–Trinajstić information content (AvgIpc) is 2.62. The normalized spacial score (nSPS) is 10.1. The second-order valence-corrected chi connectivity index (χ2v) is 4.07. The number of nitrogens with zero attached hydrogens (tertiary/aromatic N) is 1. The van der Waals surface area contributed by atoms with Crippen LogP contribution < -0.4 is 4.74 Å². The maximum absolute atomic E-state index is 5.91. The van der Waals surface area contributed by atoms with Gasteiger partial charge in [0.05, 0.1) is 15.9 Å². The molecule has 14 heavy (non-hydrogen) atoms. The molecule has 0 bridgehead atoms. The van der Waals surface area contributed by atoms with E-state index in [0.717, 1.165) is 0 Å². The van der Waals surface area contributed by atoms with Gasteiger partial charge in [-0.3, -0.25) is 0 Å². The Morgan fingerprint density at radius 1 is 1.29 bits per heavy atom. The Labute approximate surface area is 95.1 Å². The smallest absolute Gasteiger partial charge is 0.230 e. The maximum Gasteiger partial charge on any atom is 0.230 e. The van der Waals surface area contributed by atoms with Gasteiger partial charge in [-0.2, -0.15) is 0 Å². The highest BCUT2D eigenvalue weighted by Crippen LogP contribution is 2.31. The van der Waals surface area contributed by atoms with E-state index in [1.54, 1.807) is 29.1 Å². The summed E-state index contributed by atoms with van der Waals surface area (Å²) in [6, 6.07) is 5.06. The SMILES string of the molecule is Clc1ccc(Oc2cscn2)c(Cl)c1. The molecule has 2 rings (SSSR count). The molecule has 0 aliphatic carbocycles.